The molecule has 1 aliphatic rings. The molecule has 0 saturated carbocycles. The van der Waals surface area contributed by atoms with Crippen molar-refractivity contribution in [2.75, 3.05) is 25.1 Å². The van der Waals surface area contributed by atoms with E-state index in [9.17, 15) is 18.3 Å². The van der Waals surface area contributed by atoms with Crippen LogP contribution in [0.4, 0.5) is 0 Å². The van der Waals surface area contributed by atoms with Gasteiger partial charge in [-0.3, -0.25) is 9.69 Å². The Morgan fingerprint density at radius 1 is 1.38 bits per heavy atom. The summed E-state index contributed by atoms with van der Waals surface area (Å²) in [7, 11) is -1.27. The molecule has 0 spiro atoms. The van der Waals surface area contributed by atoms with Crippen molar-refractivity contribution < 1.29 is 18.3 Å². The van der Waals surface area contributed by atoms with Crippen LogP contribution in [0.15, 0.2) is 0 Å². The van der Waals surface area contributed by atoms with Gasteiger partial charge >= 0.3 is 5.97 Å². The maximum Gasteiger partial charge on any atom is 0.324 e. The Morgan fingerprint density at radius 3 is 2.25 bits per heavy atom. The fraction of sp³-hybridized carbons (Fsp3) is 0.900. The molecule has 0 radical (unpaired) electrons. The van der Waals surface area contributed by atoms with Crippen LogP contribution in [-0.2, 0) is 14.6 Å². The minimum Gasteiger partial charge on any atom is -0.480 e. The Labute approximate surface area is 96.4 Å². The van der Waals surface area contributed by atoms with E-state index in [0.717, 1.165) is 6.42 Å². The van der Waals surface area contributed by atoms with E-state index in [2.05, 4.69) is 0 Å². The maximum absolute atomic E-state index is 11.4. The van der Waals surface area contributed by atoms with Gasteiger partial charge < -0.3 is 5.11 Å². The Morgan fingerprint density at radius 2 is 1.88 bits per heavy atom. The van der Waals surface area contributed by atoms with Crippen LogP contribution in [0.1, 0.15) is 26.2 Å². The number of nitrogens with zero attached hydrogens (tertiary/aromatic N) is 1. The lowest BCUT2D eigenvalue weighted by molar-refractivity contribution is -0.151. The summed E-state index contributed by atoms with van der Waals surface area (Å²) in [4.78, 5) is 13.1. The zero-order chi connectivity index (χ0) is 12.4. The smallest absolute Gasteiger partial charge is 0.324 e. The number of carboxylic acid groups (broad SMARTS) is 1. The third kappa shape index (κ3) is 2.55. The zero-order valence-corrected chi connectivity index (χ0v) is 10.6. The summed E-state index contributed by atoms with van der Waals surface area (Å²) in [6.07, 6.45) is 1.25. The predicted octanol–water partition coefficient (Wildman–Crippen LogP) is 0.360. The van der Waals surface area contributed by atoms with Gasteiger partial charge in [-0.05, 0) is 32.9 Å². The second-order valence-corrected chi connectivity index (χ2v) is 6.71. The second kappa shape index (κ2) is 4.71. The number of hydrogen-bond donors (Lipinski definition) is 1. The van der Waals surface area contributed by atoms with Gasteiger partial charge in [0, 0.05) is 0 Å². The molecule has 1 heterocycles. The van der Waals surface area contributed by atoms with E-state index < -0.39 is 21.3 Å². The summed E-state index contributed by atoms with van der Waals surface area (Å²) in [5, 5.41) is 9.32. The van der Waals surface area contributed by atoms with Gasteiger partial charge in [0.15, 0.2) is 0 Å². The second-order valence-electron chi connectivity index (χ2n) is 4.41. The molecule has 0 amide bonds. The molecule has 0 atom stereocenters. The fourth-order valence-electron chi connectivity index (χ4n) is 2.18. The van der Waals surface area contributed by atoms with Crippen molar-refractivity contribution in [3.05, 3.63) is 0 Å². The Balaban J connectivity index is 2.88. The topological polar surface area (TPSA) is 74.7 Å². The number of carbonyl (C=O) groups is 1. The highest BCUT2D eigenvalue weighted by atomic mass is 32.2. The average Bonchev–Trinajstić information content (AvgIpc) is 2.18. The average molecular weight is 249 g/mol. The zero-order valence-electron chi connectivity index (χ0n) is 9.77. The minimum absolute atomic E-state index is 0.0205. The highest BCUT2D eigenvalue weighted by molar-refractivity contribution is 7.91. The SMILES string of the molecule is CCCN(C)C1(C(=O)O)CCS(=O)(=O)CC1. The van der Waals surface area contributed by atoms with Gasteiger partial charge in [0.05, 0.1) is 11.5 Å². The summed E-state index contributed by atoms with van der Waals surface area (Å²) in [5.41, 5.74) is -0.985. The van der Waals surface area contributed by atoms with Crippen LogP contribution in [0, 0.1) is 0 Å². The van der Waals surface area contributed by atoms with Crippen molar-refractivity contribution in [1.29, 1.82) is 0 Å². The molecule has 0 aliphatic carbocycles. The van der Waals surface area contributed by atoms with Crippen molar-refractivity contribution in [1.82, 2.24) is 4.90 Å². The Hall–Kier alpha value is -0.620. The van der Waals surface area contributed by atoms with Crippen LogP contribution < -0.4 is 0 Å². The Kier molecular flexibility index (Phi) is 3.96. The Bertz CT molecular complexity index is 349. The van der Waals surface area contributed by atoms with Crippen molar-refractivity contribution >= 4 is 15.8 Å². The summed E-state index contributed by atoms with van der Waals surface area (Å²) in [6.45, 7) is 2.65. The van der Waals surface area contributed by atoms with Gasteiger partial charge in [0.2, 0.25) is 0 Å². The van der Waals surface area contributed by atoms with Crippen molar-refractivity contribution in [3.8, 4) is 0 Å². The maximum atomic E-state index is 11.4. The van der Waals surface area contributed by atoms with Crippen LogP contribution in [-0.4, -0.2) is 55.0 Å². The van der Waals surface area contributed by atoms with E-state index in [1.54, 1.807) is 11.9 Å². The van der Waals surface area contributed by atoms with E-state index in [0.29, 0.717) is 6.54 Å². The molecule has 1 saturated heterocycles. The summed E-state index contributed by atoms with van der Waals surface area (Å²) in [5.74, 6) is -0.945. The molecule has 5 nitrogen and oxygen atoms in total. The summed E-state index contributed by atoms with van der Waals surface area (Å²) in [6, 6.07) is 0. The van der Waals surface area contributed by atoms with Gasteiger partial charge in [-0.1, -0.05) is 6.92 Å². The molecule has 1 fully saturated rings. The molecule has 0 bridgehead atoms. The standard InChI is InChI=1S/C10H19NO4S/c1-3-6-11(2)10(9(12)13)4-7-16(14,15)8-5-10/h3-8H2,1-2H3,(H,12,13). The normalized spacial score (nSPS) is 23.2. The van der Waals surface area contributed by atoms with Gasteiger partial charge in [0.25, 0.3) is 0 Å². The van der Waals surface area contributed by atoms with E-state index in [1.165, 1.54) is 0 Å². The number of aliphatic carboxylic acids is 1. The third-order valence-electron chi connectivity index (χ3n) is 3.34. The van der Waals surface area contributed by atoms with Crippen molar-refractivity contribution in [3.63, 3.8) is 0 Å². The van der Waals surface area contributed by atoms with Gasteiger partial charge in [-0.2, -0.15) is 0 Å². The van der Waals surface area contributed by atoms with Gasteiger partial charge in [0.1, 0.15) is 15.4 Å². The molecule has 0 unspecified atom stereocenters. The van der Waals surface area contributed by atoms with E-state index in [1.807, 2.05) is 6.92 Å². The molecule has 0 aromatic rings. The molecule has 1 N–H and O–H groups in total. The van der Waals surface area contributed by atoms with Crippen LogP contribution >= 0.6 is 0 Å². The lowest BCUT2D eigenvalue weighted by Crippen LogP contribution is -2.57. The summed E-state index contributed by atoms with van der Waals surface area (Å²) < 4.78 is 22.7. The van der Waals surface area contributed by atoms with E-state index >= 15 is 0 Å². The van der Waals surface area contributed by atoms with Crippen LogP contribution in [0.25, 0.3) is 0 Å². The number of rotatable bonds is 4. The van der Waals surface area contributed by atoms with Crippen molar-refractivity contribution in [2.24, 2.45) is 0 Å². The molecule has 1 rings (SSSR count). The number of sulfone groups is 1. The lowest BCUT2D eigenvalue weighted by atomic mass is 9.90. The lowest BCUT2D eigenvalue weighted by Gasteiger charge is -2.40. The molecule has 16 heavy (non-hydrogen) atoms. The number of likely N-dealkylation sites (N-methyl/N-ethyl adjacent to an activating group) is 1. The quantitative estimate of drug-likeness (QED) is 0.778. The van der Waals surface area contributed by atoms with Crippen molar-refractivity contribution in [2.45, 2.75) is 31.7 Å². The molecule has 0 aromatic carbocycles. The molecule has 0 aromatic heterocycles. The first kappa shape index (κ1) is 13.4. The van der Waals surface area contributed by atoms with Crippen LogP contribution in [0.5, 0.6) is 0 Å². The number of carboxylic acids is 1. The van der Waals surface area contributed by atoms with Gasteiger partial charge in [-0.15, -0.1) is 0 Å². The first-order valence-corrected chi connectivity index (χ1v) is 7.31. The largest absolute Gasteiger partial charge is 0.480 e. The molecular weight excluding hydrogens is 230 g/mol. The van der Waals surface area contributed by atoms with Crippen LogP contribution in [0.3, 0.4) is 0 Å². The van der Waals surface area contributed by atoms with Crippen LogP contribution in [0.2, 0.25) is 0 Å². The first-order valence-electron chi connectivity index (χ1n) is 5.49. The van der Waals surface area contributed by atoms with Gasteiger partial charge in [-0.25, -0.2) is 8.42 Å². The highest BCUT2D eigenvalue weighted by Crippen LogP contribution is 2.29. The van der Waals surface area contributed by atoms with E-state index in [4.69, 9.17) is 0 Å². The highest BCUT2D eigenvalue weighted by Gasteiger charge is 2.46. The monoisotopic (exact) mass is 249 g/mol. The third-order valence-corrected chi connectivity index (χ3v) is 4.99. The van der Waals surface area contributed by atoms with E-state index in [-0.39, 0.29) is 24.3 Å². The number of hydrogen-bond acceptors (Lipinski definition) is 4. The fourth-order valence-corrected chi connectivity index (χ4v) is 3.69. The molecule has 6 heteroatoms. The molecular formula is C10H19NO4S. The predicted molar refractivity (Wildman–Crippen MR) is 61.2 cm³/mol. The minimum atomic E-state index is -3.03. The first-order chi connectivity index (χ1) is 7.34. The summed E-state index contributed by atoms with van der Waals surface area (Å²) >= 11 is 0. The molecule has 1 aliphatic heterocycles. The molecule has 94 valence electrons.